The van der Waals surface area contributed by atoms with E-state index in [0.717, 1.165) is 0 Å². The van der Waals surface area contributed by atoms with Gasteiger partial charge in [-0.2, -0.15) is 0 Å². The average Bonchev–Trinajstić information content (AvgIpc) is 2.51. The summed E-state index contributed by atoms with van der Waals surface area (Å²) >= 11 is 0. The van der Waals surface area contributed by atoms with Crippen molar-refractivity contribution in [2.75, 3.05) is 13.7 Å². The van der Waals surface area contributed by atoms with Crippen molar-refractivity contribution >= 4 is 0 Å². The first-order valence-corrected chi connectivity index (χ1v) is 6.62. The minimum atomic E-state index is -0.862. The van der Waals surface area contributed by atoms with Gasteiger partial charge in [0.1, 0.15) is 6.33 Å². The zero-order chi connectivity index (χ0) is 15.4. The number of hydrogen-bond acceptors (Lipinski definition) is 4. The number of halogens is 2. The van der Waals surface area contributed by atoms with Crippen LogP contribution < -0.4 is 10.1 Å². The third kappa shape index (κ3) is 3.16. The Morgan fingerprint density at radius 3 is 2.67 bits per heavy atom. The van der Waals surface area contributed by atoms with Gasteiger partial charge in [0, 0.05) is 11.6 Å². The highest BCUT2D eigenvalue weighted by molar-refractivity contribution is 5.33. The second-order valence-corrected chi connectivity index (χ2v) is 4.58. The standard InChI is InChI=1S/C15H17F2N3O/c1-4-18-15(11-7-12(21-3)20-8-19-11)10-6-5-9(2)13(16)14(10)17/h5-8,15,18H,4H2,1-3H3. The van der Waals surface area contributed by atoms with Crippen LogP contribution in [0.2, 0.25) is 0 Å². The van der Waals surface area contributed by atoms with Crippen molar-refractivity contribution in [1.82, 2.24) is 15.3 Å². The third-order valence-electron chi connectivity index (χ3n) is 3.19. The van der Waals surface area contributed by atoms with E-state index in [0.29, 0.717) is 18.1 Å². The van der Waals surface area contributed by atoms with Crippen LogP contribution in [-0.4, -0.2) is 23.6 Å². The summed E-state index contributed by atoms with van der Waals surface area (Å²) in [7, 11) is 1.49. The van der Waals surface area contributed by atoms with Crippen molar-refractivity contribution in [3.05, 3.63) is 53.0 Å². The fourth-order valence-electron chi connectivity index (χ4n) is 2.08. The number of nitrogens with one attached hydrogen (secondary N) is 1. The Hall–Kier alpha value is -2.08. The van der Waals surface area contributed by atoms with Crippen LogP contribution in [0, 0.1) is 18.6 Å². The Bertz CT molecular complexity index is 634. The number of methoxy groups -OCH3 is 1. The highest BCUT2D eigenvalue weighted by Crippen LogP contribution is 2.27. The fraction of sp³-hybridized carbons (Fsp3) is 0.333. The molecule has 0 spiro atoms. The largest absolute Gasteiger partial charge is 0.481 e. The number of benzene rings is 1. The SMILES string of the molecule is CCNC(c1cc(OC)ncn1)c1ccc(C)c(F)c1F. The van der Waals surface area contributed by atoms with E-state index in [9.17, 15) is 8.78 Å². The van der Waals surface area contributed by atoms with E-state index in [1.807, 2.05) is 6.92 Å². The highest BCUT2D eigenvalue weighted by Gasteiger charge is 2.22. The Balaban J connectivity index is 2.50. The van der Waals surface area contributed by atoms with Crippen molar-refractivity contribution < 1.29 is 13.5 Å². The number of ether oxygens (including phenoxy) is 1. The van der Waals surface area contributed by atoms with Crippen LogP contribution in [0.15, 0.2) is 24.5 Å². The molecule has 6 heteroatoms. The lowest BCUT2D eigenvalue weighted by molar-refractivity contribution is 0.394. The maximum atomic E-state index is 14.2. The Morgan fingerprint density at radius 1 is 1.24 bits per heavy atom. The number of aromatic nitrogens is 2. The van der Waals surface area contributed by atoms with E-state index in [-0.39, 0.29) is 11.1 Å². The minimum absolute atomic E-state index is 0.209. The molecule has 0 aliphatic rings. The first kappa shape index (κ1) is 15.3. The van der Waals surface area contributed by atoms with E-state index >= 15 is 0 Å². The number of hydrogen-bond donors (Lipinski definition) is 1. The summed E-state index contributed by atoms with van der Waals surface area (Å²) in [5.74, 6) is -1.33. The van der Waals surface area contributed by atoms with Crippen LogP contribution in [0.1, 0.15) is 29.8 Å². The molecule has 0 fully saturated rings. The molecule has 0 aliphatic carbocycles. The van der Waals surface area contributed by atoms with Crippen LogP contribution in [0.3, 0.4) is 0 Å². The topological polar surface area (TPSA) is 47.0 Å². The molecule has 0 aliphatic heterocycles. The molecule has 2 rings (SSSR count). The van der Waals surface area contributed by atoms with Gasteiger partial charge in [-0.05, 0) is 19.0 Å². The van der Waals surface area contributed by atoms with Crippen LogP contribution in [0.25, 0.3) is 0 Å². The quantitative estimate of drug-likeness (QED) is 0.921. The Kier molecular flexibility index (Phi) is 4.80. The van der Waals surface area contributed by atoms with Crippen LogP contribution in [0.5, 0.6) is 5.88 Å². The van der Waals surface area contributed by atoms with E-state index in [1.54, 1.807) is 18.2 Å². The molecule has 0 amide bonds. The highest BCUT2D eigenvalue weighted by atomic mass is 19.2. The lowest BCUT2D eigenvalue weighted by Crippen LogP contribution is -2.24. The molecular weight excluding hydrogens is 276 g/mol. The van der Waals surface area contributed by atoms with Crippen molar-refractivity contribution in [2.24, 2.45) is 0 Å². The summed E-state index contributed by atoms with van der Waals surface area (Å²) < 4.78 is 33.1. The van der Waals surface area contributed by atoms with Crippen molar-refractivity contribution in [1.29, 1.82) is 0 Å². The number of rotatable bonds is 5. The second-order valence-electron chi connectivity index (χ2n) is 4.58. The summed E-state index contributed by atoms with van der Waals surface area (Å²) in [4.78, 5) is 8.05. The molecule has 0 bridgehead atoms. The summed E-state index contributed by atoms with van der Waals surface area (Å²) in [6.45, 7) is 3.98. The van der Waals surface area contributed by atoms with Gasteiger partial charge in [-0.15, -0.1) is 0 Å². The van der Waals surface area contributed by atoms with Crippen LogP contribution >= 0.6 is 0 Å². The summed E-state index contributed by atoms with van der Waals surface area (Å²) in [6.07, 6.45) is 1.33. The van der Waals surface area contributed by atoms with E-state index < -0.39 is 17.7 Å². The zero-order valence-corrected chi connectivity index (χ0v) is 12.2. The van der Waals surface area contributed by atoms with Gasteiger partial charge in [-0.3, -0.25) is 0 Å². The molecule has 1 aromatic heterocycles. The first-order valence-electron chi connectivity index (χ1n) is 6.62. The maximum Gasteiger partial charge on any atom is 0.216 e. The molecule has 1 aromatic carbocycles. The molecule has 1 atom stereocenters. The molecule has 4 nitrogen and oxygen atoms in total. The van der Waals surface area contributed by atoms with Crippen LogP contribution in [0.4, 0.5) is 8.78 Å². The predicted octanol–water partition coefficient (Wildman–Crippen LogP) is 2.77. The lowest BCUT2D eigenvalue weighted by Gasteiger charge is -2.19. The fourth-order valence-corrected chi connectivity index (χ4v) is 2.08. The molecule has 1 unspecified atom stereocenters. The molecule has 0 saturated heterocycles. The van der Waals surface area contributed by atoms with Crippen molar-refractivity contribution in [3.63, 3.8) is 0 Å². The van der Waals surface area contributed by atoms with E-state index in [4.69, 9.17) is 4.74 Å². The molecule has 0 radical (unpaired) electrons. The predicted molar refractivity (Wildman–Crippen MR) is 75.2 cm³/mol. The Labute approximate surface area is 122 Å². The van der Waals surface area contributed by atoms with E-state index in [1.165, 1.54) is 20.4 Å². The lowest BCUT2D eigenvalue weighted by atomic mass is 10.0. The Morgan fingerprint density at radius 2 is 2.00 bits per heavy atom. The van der Waals surface area contributed by atoms with Gasteiger partial charge in [0.2, 0.25) is 5.88 Å². The maximum absolute atomic E-state index is 14.2. The molecule has 21 heavy (non-hydrogen) atoms. The first-order chi connectivity index (χ1) is 10.1. The smallest absolute Gasteiger partial charge is 0.216 e. The summed E-state index contributed by atoms with van der Waals surface area (Å²) in [6, 6.07) is 4.15. The van der Waals surface area contributed by atoms with Crippen LogP contribution in [-0.2, 0) is 0 Å². The molecule has 1 heterocycles. The van der Waals surface area contributed by atoms with Gasteiger partial charge < -0.3 is 10.1 Å². The summed E-state index contributed by atoms with van der Waals surface area (Å²) in [5.41, 5.74) is 0.998. The number of aryl methyl sites for hydroxylation is 1. The van der Waals surface area contributed by atoms with Crippen molar-refractivity contribution in [2.45, 2.75) is 19.9 Å². The average molecular weight is 293 g/mol. The van der Waals surface area contributed by atoms with Gasteiger partial charge in [0.15, 0.2) is 11.6 Å². The van der Waals surface area contributed by atoms with Crippen molar-refractivity contribution in [3.8, 4) is 5.88 Å². The van der Waals surface area contributed by atoms with Gasteiger partial charge in [-0.25, -0.2) is 18.7 Å². The monoisotopic (exact) mass is 293 g/mol. The second kappa shape index (κ2) is 6.58. The van der Waals surface area contributed by atoms with Gasteiger partial charge in [0.05, 0.1) is 18.8 Å². The summed E-state index contributed by atoms with van der Waals surface area (Å²) in [5, 5.41) is 3.10. The molecule has 112 valence electrons. The normalized spacial score (nSPS) is 12.2. The van der Waals surface area contributed by atoms with Gasteiger partial charge >= 0.3 is 0 Å². The minimum Gasteiger partial charge on any atom is -0.481 e. The molecule has 2 aromatic rings. The molecular formula is C15H17F2N3O. The van der Waals surface area contributed by atoms with Gasteiger partial charge in [-0.1, -0.05) is 19.1 Å². The third-order valence-corrected chi connectivity index (χ3v) is 3.19. The van der Waals surface area contributed by atoms with E-state index in [2.05, 4.69) is 15.3 Å². The zero-order valence-electron chi connectivity index (χ0n) is 12.2. The molecule has 0 saturated carbocycles. The number of nitrogens with zero attached hydrogens (tertiary/aromatic N) is 2. The molecule has 1 N–H and O–H groups in total. The van der Waals surface area contributed by atoms with Gasteiger partial charge in [0.25, 0.3) is 0 Å².